The molecule has 2 aromatic heterocycles. The molecular weight excluding hydrogens is 216 g/mol. The van der Waals surface area contributed by atoms with Crippen molar-refractivity contribution in [3.63, 3.8) is 0 Å². The van der Waals surface area contributed by atoms with E-state index in [1.165, 1.54) is 6.20 Å². The molecule has 0 unspecified atom stereocenters. The summed E-state index contributed by atoms with van der Waals surface area (Å²) in [4.78, 5) is 12.6. The number of aromatic nitrogens is 4. The smallest absolute Gasteiger partial charge is 0.156 e. The van der Waals surface area contributed by atoms with Crippen LogP contribution in [0.2, 0.25) is 0 Å². The highest BCUT2D eigenvalue weighted by atomic mass is 15.1. The van der Waals surface area contributed by atoms with Gasteiger partial charge in [-0.2, -0.15) is 0 Å². The van der Waals surface area contributed by atoms with E-state index >= 15 is 0 Å². The fraction of sp³-hybridized carbons (Fsp3) is 0.273. The van der Waals surface area contributed by atoms with Crippen LogP contribution in [-0.2, 0) is 6.42 Å². The summed E-state index contributed by atoms with van der Waals surface area (Å²) in [6.07, 6.45) is 8.60. The van der Waals surface area contributed by atoms with Crippen molar-refractivity contribution in [3.05, 3.63) is 36.3 Å². The van der Waals surface area contributed by atoms with Gasteiger partial charge in [0.15, 0.2) is 5.82 Å². The fourth-order valence-electron chi connectivity index (χ4n) is 1.54. The number of hydrogen-bond donors (Lipinski definition) is 2. The van der Waals surface area contributed by atoms with Gasteiger partial charge in [0, 0.05) is 18.8 Å². The Labute approximate surface area is 99.1 Å². The predicted octanol–water partition coefficient (Wildman–Crippen LogP) is 0.899. The summed E-state index contributed by atoms with van der Waals surface area (Å²) in [6, 6.07) is 0. The summed E-state index contributed by atoms with van der Waals surface area (Å²) < 4.78 is 1.89. The fourth-order valence-corrected chi connectivity index (χ4v) is 1.54. The minimum absolute atomic E-state index is 0.0801. The third kappa shape index (κ3) is 2.30. The highest BCUT2D eigenvalue weighted by molar-refractivity contribution is 5.92. The topological polar surface area (TPSA) is 93.5 Å². The maximum atomic E-state index is 7.24. The first-order valence-electron chi connectivity index (χ1n) is 5.41. The van der Waals surface area contributed by atoms with Gasteiger partial charge in [-0.05, 0) is 6.42 Å². The molecule has 6 heteroatoms. The Morgan fingerprint density at radius 3 is 2.76 bits per heavy atom. The van der Waals surface area contributed by atoms with E-state index in [9.17, 15) is 0 Å². The van der Waals surface area contributed by atoms with Crippen molar-refractivity contribution >= 4 is 5.84 Å². The van der Waals surface area contributed by atoms with Gasteiger partial charge in [-0.3, -0.25) is 9.98 Å². The number of nitrogens with zero attached hydrogens (tertiary/aromatic N) is 4. The van der Waals surface area contributed by atoms with E-state index in [-0.39, 0.29) is 5.84 Å². The Morgan fingerprint density at radius 2 is 2.18 bits per heavy atom. The molecule has 0 aliphatic carbocycles. The van der Waals surface area contributed by atoms with Crippen LogP contribution < -0.4 is 5.73 Å². The number of aryl methyl sites for hydroxylation is 1. The van der Waals surface area contributed by atoms with Crippen molar-refractivity contribution in [1.82, 2.24) is 19.5 Å². The van der Waals surface area contributed by atoms with Crippen molar-refractivity contribution < 1.29 is 0 Å². The third-order valence-electron chi connectivity index (χ3n) is 2.35. The lowest BCUT2D eigenvalue weighted by Gasteiger charge is -2.06. The van der Waals surface area contributed by atoms with E-state index < -0.39 is 0 Å². The predicted molar refractivity (Wildman–Crippen MR) is 64.2 cm³/mol. The molecule has 0 saturated carbocycles. The van der Waals surface area contributed by atoms with E-state index in [1.807, 2.05) is 10.8 Å². The second-order valence-electron chi connectivity index (χ2n) is 3.64. The van der Waals surface area contributed by atoms with Gasteiger partial charge >= 0.3 is 0 Å². The SMILES string of the molecule is CCCc1nccn1-c1cnc(C(=N)N)cn1. The standard InChI is InChI=1S/C11H14N6/c1-2-3-9-14-4-5-17(9)10-7-15-8(6-16-10)11(12)13/h4-7H,2-3H2,1H3,(H3,12,13). The second kappa shape index (κ2) is 4.73. The molecule has 0 atom stereocenters. The lowest BCUT2D eigenvalue weighted by atomic mass is 10.3. The van der Waals surface area contributed by atoms with Crippen LogP contribution in [0.5, 0.6) is 0 Å². The molecule has 2 rings (SSSR count). The van der Waals surface area contributed by atoms with E-state index in [1.54, 1.807) is 12.4 Å². The molecule has 0 saturated heterocycles. The largest absolute Gasteiger partial charge is 0.382 e. The molecule has 0 aliphatic heterocycles. The third-order valence-corrected chi connectivity index (χ3v) is 2.35. The number of nitrogen functional groups attached to an aromatic ring is 1. The quantitative estimate of drug-likeness (QED) is 0.602. The molecule has 0 radical (unpaired) electrons. The van der Waals surface area contributed by atoms with Crippen LogP contribution >= 0.6 is 0 Å². The highest BCUT2D eigenvalue weighted by Crippen LogP contribution is 2.08. The summed E-state index contributed by atoms with van der Waals surface area (Å²) in [5.74, 6) is 1.57. The molecule has 0 aliphatic rings. The lowest BCUT2D eigenvalue weighted by Crippen LogP contribution is -2.14. The molecular formula is C11H14N6. The van der Waals surface area contributed by atoms with E-state index in [0.29, 0.717) is 11.5 Å². The van der Waals surface area contributed by atoms with Crippen LogP contribution in [0.3, 0.4) is 0 Å². The van der Waals surface area contributed by atoms with Gasteiger partial charge in [0.25, 0.3) is 0 Å². The molecule has 2 heterocycles. The van der Waals surface area contributed by atoms with Crippen molar-refractivity contribution in [2.24, 2.45) is 5.73 Å². The number of amidine groups is 1. The van der Waals surface area contributed by atoms with Crippen molar-refractivity contribution in [2.75, 3.05) is 0 Å². The number of rotatable bonds is 4. The molecule has 0 bridgehead atoms. The minimum atomic E-state index is -0.0801. The van der Waals surface area contributed by atoms with Gasteiger partial charge in [-0.25, -0.2) is 15.0 Å². The molecule has 0 aromatic carbocycles. The zero-order chi connectivity index (χ0) is 12.3. The van der Waals surface area contributed by atoms with Crippen LogP contribution in [0.1, 0.15) is 24.9 Å². The zero-order valence-electron chi connectivity index (χ0n) is 9.59. The van der Waals surface area contributed by atoms with Crippen molar-refractivity contribution in [3.8, 4) is 5.82 Å². The summed E-state index contributed by atoms with van der Waals surface area (Å²) in [5, 5.41) is 7.24. The number of hydrogen-bond acceptors (Lipinski definition) is 4. The molecule has 88 valence electrons. The van der Waals surface area contributed by atoms with E-state index in [2.05, 4.69) is 21.9 Å². The molecule has 0 fully saturated rings. The first kappa shape index (κ1) is 11.3. The maximum absolute atomic E-state index is 7.24. The molecule has 6 nitrogen and oxygen atoms in total. The molecule has 2 aromatic rings. The van der Waals surface area contributed by atoms with Crippen LogP contribution in [0.15, 0.2) is 24.8 Å². The van der Waals surface area contributed by atoms with Gasteiger partial charge in [-0.1, -0.05) is 6.92 Å². The number of nitrogens with one attached hydrogen (secondary N) is 1. The Morgan fingerprint density at radius 1 is 1.35 bits per heavy atom. The molecule has 0 spiro atoms. The molecule has 0 amide bonds. The van der Waals surface area contributed by atoms with Gasteiger partial charge in [0.1, 0.15) is 17.4 Å². The van der Waals surface area contributed by atoms with Gasteiger partial charge < -0.3 is 5.73 Å². The highest BCUT2D eigenvalue weighted by Gasteiger charge is 2.06. The van der Waals surface area contributed by atoms with Crippen LogP contribution in [0, 0.1) is 5.41 Å². The normalized spacial score (nSPS) is 10.4. The lowest BCUT2D eigenvalue weighted by molar-refractivity contribution is 0.794. The Balaban J connectivity index is 2.33. The van der Waals surface area contributed by atoms with Crippen LogP contribution in [0.4, 0.5) is 0 Å². The van der Waals surface area contributed by atoms with Crippen molar-refractivity contribution in [2.45, 2.75) is 19.8 Å². The summed E-state index contributed by atoms with van der Waals surface area (Å²) in [7, 11) is 0. The van der Waals surface area contributed by atoms with Crippen LogP contribution in [-0.4, -0.2) is 25.4 Å². The van der Waals surface area contributed by atoms with Gasteiger partial charge in [0.05, 0.1) is 12.4 Å². The molecule has 3 N–H and O–H groups in total. The zero-order valence-corrected chi connectivity index (χ0v) is 9.59. The molecule has 17 heavy (non-hydrogen) atoms. The minimum Gasteiger partial charge on any atom is -0.382 e. The Bertz CT molecular complexity index is 513. The second-order valence-corrected chi connectivity index (χ2v) is 3.64. The summed E-state index contributed by atoms with van der Waals surface area (Å²) in [5.41, 5.74) is 5.70. The summed E-state index contributed by atoms with van der Waals surface area (Å²) >= 11 is 0. The van der Waals surface area contributed by atoms with Crippen molar-refractivity contribution in [1.29, 1.82) is 5.41 Å². The van der Waals surface area contributed by atoms with Gasteiger partial charge in [-0.15, -0.1) is 0 Å². The summed E-state index contributed by atoms with van der Waals surface area (Å²) in [6.45, 7) is 2.10. The average molecular weight is 230 g/mol. The Kier molecular flexibility index (Phi) is 3.13. The first-order valence-corrected chi connectivity index (χ1v) is 5.41. The van der Waals surface area contributed by atoms with E-state index in [0.717, 1.165) is 18.7 Å². The van der Waals surface area contributed by atoms with Gasteiger partial charge in [0.2, 0.25) is 0 Å². The Hall–Kier alpha value is -2.24. The number of imidazole rings is 1. The van der Waals surface area contributed by atoms with Crippen LogP contribution in [0.25, 0.3) is 5.82 Å². The monoisotopic (exact) mass is 230 g/mol. The maximum Gasteiger partial charge on any atom is 0.156 e. The van der Waals surface area contributed by atoms with E-state index in [4.69, 9.17) is 11.1 Å². The average Bonchev–Trinajstić information content (AvgIpc) is 2.78. The first-order chi connectivity index (χ1) is 8.22. The number of nitrogens with two attached hydrogens (primary N) is 1.